The monoisotopic (exact) mass is 429 g/mol. The van der Waals surface area contributed by atoms with Crippen LogP contribution in [-0.4, -0.2) is 22.1 Å². The van der Waals surface area contributed by atoms with Crippen molar-refractivity contribution in [2.75, 3.05) is 6.61 Å². The topological polar surface area (TPSA) is 70.1 Å². The van der Waals surface area contributed by atoms with Crippen molar-refractivity contribution in [2.45, 2.75) is 28.7 Å². The summed E-state index contributed by atoms with van der Waals surface area (Å²) in [6.07, 6.45) is 3.17. The van der Waals surface area contributed by atoms with E-state index in [9.17, 15) is 4.79 Å². The smallest absolute Gasteiger partial charge is 0.220 e. The van der Waals surface area contributed by atoms with Gasteiger partial charge in [0.05, 0.1) is 17.1 Å². The van der Waals surface area contributed by atoms with Gasteiger partial charge >= 0.3 is 0 Å². The molecule has 0 bridgehead atoms. The summed E-state index contributed by atoms with van der Waals surface area (Å²) in [6, 6.07) is 25.0. The highest BCUT2D eigenvalue weighted by atomic mass is 32.2. The normalized spacial score (nSPS) is 18.8. The third kappa shape index (κ3) is 4.22. The second kappa shape index (κ2) is 8.57. The van der Waals surface area contributed by atoms with Crippen molar-refractivity contribution in [1.82, 2.24) is 9.55 Å². The average Bonchev–Trinajstić information content (AvgIpc) is 3.24. The highest BCUT2D eigenvalue weighted by molar-refractivity contribution is 7.99. The van der Waals surface area contributed by atoms with Gasteiger partial charge in [0.1, 0.15) is 6.33 Å². The molecule has 1 aliphatic heterocycles. The van der Waals surface area contributed by atoms with Crippen LogP contribution < -0.4 is 5.73 Å². The van der Waals surface area contributed by atoms with E-state index in [-0.39, 0.29) is 17.9 Å². The lowest BCUT2D eigenvalue weighted by Crippen LogP contribution is -2.30. The predicted molar refractivity (Wildman–Crippen MR) is 122 cm³/mol. The van der Waals surface area contributed by atoms with Crippen LogP contribution in [0.3, 0.4) is 0 Å². The highest BCUT2D eigenvalue weighted by Crippen LogP contribution is 2.34. The standard InChI is InChI=1S/C25H23N3O2S/c26-25(29)18-13-14-30-24(15-18)17-5-9-20(10-6-17)31-21-11-7-19(8-12-21)28-16-27-22-3-1-2-4-23(22)28/h1-12,16,18,24H,13-15H2,(H2,26,29). The van der Waals surface area contributed by atoms with Gasteiger partial charge in [0.2, 0.25) is 5.91 Å². The van der Waals surface area contributed by atoms with Crippen LogP contribution >= 0.6 is 11.8 Å². The number of ether oxygens (including phenoxy) is 1. The largest absolute Gasteiger partial charge is 0.373 e. The minimum absolute atomic E-state index is 0.0606. The number of para-hydroxylation sites is 2. The lowest BCUT2D eigenvalue weighted by Gasteiger charge is -2.28. The molecule has 31 heavy (non-hydrogen) atoms. The number of primary amides is 1. The Labute approximate surface area is 185 Å². The zero-order valence-corrected chi connectivity index (χ0v) is 17.8. The van der Waals surface area contributed by atoms with E-state index in [4.69, 9.17) is 10.5 Å². The summed E-state index contributed by atoms with van der Waals surface area (Å²) >= 11 is 1.72. The van der Waals surface area contributed by atoms with E-state index in [0.29, 0.717) is 19.4 Å². The zero-order valence-electron chi connectivity index (χ0n) is 17.0. The number of rotatable bonds is 5. The molecule has 1 fully saturated rings. The Morgan fingerprint density at radius 3 is 2.45 bits per heavy atom. The molecule has 0 saturated carbocycles. The molecule has 3 aromatic carbocycles. The van der Waals surface area contributed by atoms with Crippen molar-refractivity contribution in [2.24, 2.45) is 11.7 Å². The maximum atomic E-state index is 11.5. The molecule has 4 aromatic rings. The van der Waals surface area contributed by atoms with Crippen molar-refractivity contribution in [3.05, 3.63) is 84.7 Å². The van der Waals surface area contributed by atoms with Gasteiger partial charge < -0.3 is 10.5 Å². The minimum Gasteiger partial charge on any atom is -0.373 e. The number of amides is 1. The molecular weight excluding hydrogens is 406 g/mol. The lowest BCUT2D eigenvalue weighted by atomic mass is 9.91. The Kier molecular flexibility index (Phi) is 5.49. The molecule has 6 heteroatoms. The SMILES string of the molecule is NC(=O)C1CCOC(c2ccc(Sc3ccc(-n4cnc5ccccc54)cc3)cc2)C1. The van der Waals surface area contributed by atoms with E-state index in [0.717, 1.165) is 27.2 Å². The summed E-state index contributed by atoms with van der Waals surface area (Å²) in [7, 11) is 0. The number of fused-ring (bicyclic) bond motifs is 1. The molecule has 2 N–H and O–H groups in total. The molecule has 0 aliphatic carbocycles. The Morgan fingerprint density at radius 1 is 1.00 bits per heavy atom. The first kappa shape index (κ1) is 19.8. The lowest BCUT2D eigenvalue weighted by molar-refractivity contribution is -0.126. The predicted octanol–water partition coefficient (Wildman–Crippen LogP) is 5.13. The first-order chi connectivity index (χ1) is 15.2. The third-order valence-corrected chi connectivity index (χ3v) is 6.76. The van der Waals surface area contributed by atoms with E-state index in [1.807, 2.05) is 24.5 Å². The van der Waals surface area contributed by atoms with E-state index in [1.165, 1.54) is 4.90 Å². The van der Waals surface area contributed by atoms with Gasteiger partial charge in [-0.15, -0.1) is 0 Å². The fraction of sp³-hybridized carbons (Fsp3) is 0.200. The molecule has 0 radical (unpaired) electrons. The Balaban J connectivity index is 1.28. The van der Waals surface area contributed by atoms with Gasteiger partial charge in [-0.3, -0.25) is 9.36 Å². The number of carbonyl (C=O) groups excluding carboxylic acids is 1. The number of hydrogen-bond acceptors (Lipinski definition) is 4. The van der Waals surface area contributed by atoms with Gasteiger partial charge in [0.15, 0.2) is 0 Å². The molecule has 1 aromatic heterocycles. The number of nitrogens with two attached hydrogens (primary N) is 1. The first-order valence-electron chi connectivity index (χ1n) is 10.4. The molecule has 1 aliphatic rings. The molecule has 5 rings (SSSR count). The van der Waals surface area contributed by atoms with Crippen molar-refractivity contribution in [3.63, 3.8) is 0 Å². The van der Waals surface area contributed by atoms with Crippen molar-refractivity contribution < 1.29 is 9.53 Å². The molecule has 5 nitrogen and oxygen atoms in total. The number of carbonyl (C=O) groups is 1. The first-order valence-corrected chi connectivity index (χ1v) is 11.2. The van der Waals surface area contributed by atoms with Crippen LogP contribution in [0, 0.1) is 5.92 Å². The van der Waals surface area contributed by atoms with Crippen LogP contribution in [0.5, 0.6) is 0 Å². The van der Waals surface area contributed by atoms with Crippen molar-refractivity contribution >= 4 is 28.7 Å². The van der Waals surface area contributed by atoms with Gasteiger partial charge in [0.25, 0.3) is 0 Å². The van der Waals surface area contributed by atoms with Gasteiger partial charge in [-0.25, -0.2) is 4.98 Å². The third-order valence-electron chi connectivity index (χ3n) is 5.74. The quantitative estimate of drug-likeness (QED) is 0.477. The number of hydrogen-bond donors (Lipinski definition) is 1. The van der Waals surface area contributed by atoms with E-state index in [1.54, 1.807) is 11.8 Å². The molecule has 2 heterocycles. The molecule has 2 unspecified atom stereocenters. The van der Waals surface area contributed by atoms with Gasteiger partial charge in [-0.2, -0.15) is 0 Å². The van der Waals surface area contributed by atoms with Crippen LogP contribution in [-0.2, 0) is 9.53 Å². The molecule has 0 spiro atoms. The van der Waals surface area contributed by atoms with Crippen LogP contribution in [0.25, 0.3) is 16.7 Å². The number of imidazole rings is 1. The Bertz CT molecular complexity index is 1200. The summed E-state index contributed by atoms with van der Waals surface area (Å²) in [6.45, 7) is 0.577. The summed E-state index contributed by atoms with van der Waals surface area (Å²) in [4.78, 5) is 18.3. The second-order valence-electron chi connectivity index (χ2n) is 7.75. The van der Waals surface area contributed by atoms with Crippen LogP contribution in [0.15, 0.2) is 88.9 Å². The molecule has 1 amide bonds. The second-order valence-corrected chi connectivity index (χ2v) is 8.90. The fourth-order valence-electron chi connectivity index (χ4n) is 4.01. The van der Waals surface area contributed by atoms with Crippen molar-refractivity contribution in [1.29, 1.82) is 0 Å². The van der Waals surface area contributed by atoms with Crippen molar-refractivity contribution in [3.8, 4) is 5.69 Å². The summed E-state index contributed by atoms with van der Waals surface area (Å²) < 4.78 is 7.96. The number of benzene rings is 3. The zero-order chi connectivity index (χ0) is 21.2. The highest BCUT2D eigenvalue weighted by Gasteiger charge is 2.27. The number of aromatic nitrogens is 2. The molecule has 1 saturated heterocycles. The Hall–Kier alpha value is -3.09. The van der Waals surface area contributed by atoms with E-state index < -0.39 is 0 Å². The van der Waals surface area contributed by atoms with Gasteiger partial charge in [-0.1, -0.05) is 36.0 Å². The fourth-order valence-corrected chi connectivity index (χ4v) is 4.83. The minimum atomic E-state index is -0.229. The average molecular weight is 430 g/mol. The van der Waals surface area contributed by atoms with Gasteiger partial charge in [-0.05, 0) is 66.9 Å². The van der Waals surface area contributed by atoms with Crippen LogP contribution in [0.2, 0.25) is 0 Å². The maximum Gasteiger partial charge on any atom is 0.220 e. The van der Waals surface area contributed by atoms with E-state index >= 15 is 0 Å². The van der Waals surface area contributed by atoms with Crippen LogP contribution in [0.1, 0.15) is 24.5 Å². The van der Waals surface area contributed by atoms with Gasteiger partial charge in [0, 0.05) is 28.0 Å². The van der Waals surface area contributed by atoms with Crippen LogP contribution in [0.4, 0.5) is 0 Å². The summed E-state index contributed by atoms with van der Waals surface area (Å²) in [5, 5.41) is 0. The summed E-state index contributed by atoms with van der Waals surface area (Å²) in [5.74, 6) is -0.327. The molecular formula is C25H23N3O2S. The Morgan fingerprint density at radius 2 is 1.71 bits per heavy atom. The molecule has 2 atom stereocenters. The van der Waals surface area contributed by atoms with E-state index in [2.05, 4.69) is 64.1 Å². The number of nitrogens with zero attached hydrogens (tertiary/aromatic N) is 2. The molecule has 156 valence electrons. The maximum absolute atomic E-state index is 11.5. The summed E-state index contributed by atoms with van der Waals surface area (Å²) in [5.41, 5.74) is 9.76.